The largest absolute Gasteiger partial charge is 0.288 e. The lowest BCUT2D eigenvalue weighted by Gasteiger charge is -2.07. The summed E-state index contributed by atoms with van der Waals surface area (Å²) in [6.07, 6.45) is 0. The minimum Gasteiger partial charge on any atom is -0.288 e. The number of rotatable bonds is 6. The highest BCUT2D eigenvalue weighted by molar-refractivity contribution is 7.90. The highest BCUT2D eigenvalue weighted by atomic mass is 32.2. The van der Waals surface area contributed by atoms with Crippen LogP contribution in [0.15, 0.2) is 42.5 Å². The molecule has 1 N–H and O–H groups in total. The van der Waals surface area contributed by atoms with Gasteiger partial charge in [0.05, 0.1) is 10.1 Å². The summed E-state index contributed by atoms with van der Waals surface area (Å²) in [5, 5.41) is -0.470. The third kappa shape index (κ3) is 4.00. The van der Waals surface area contributed by atoms with Crippen molar-refractivity contribution in [2.75, 3.05) is 0 Å². The molecule has 0 saturated carbocycles. The van der Waals surface area contributed by atoms with Gasteiger partial charge in [-0.15, -0.1) is 11.3 Å². The number of nitrogens with one attached hydrogen (secondary N) is 1. The van der Waals surface area contributed by atoms with E-state index in [2.05, 4.69) is 4.72 Å². The summed E-state index contributed by atoms with van der Waals surface area (Å²) in [6.45, 7) is 3.47. The molecular formula is C15H17NO3S2. The molecule has 2 aromatic rings. The predicted octanol–water partition coefficient (Wildman–Crippen LogP) is 2.81. The number of sulfonamides is 1. The second kappa shape index (κ2) is 6.51. The first-order valence-electron chi connectivity index (χ1n) is 6.57. The van der Waals surface area contributed by atoms with E-state index in [-0.39, 0.29) is 12.3 Å². The molecule has 0 aliphatic rings. The number of thiophene rings is 1. The van der Waals surface area contributed by atoms with Crippen LogP contribution in [0.4, 0.5) is 0 Å². The van der Waals surface area contributed by atoms with Gasteiger partial charge in [0.2, 0.25) is 15.8 Å². The molecule has 6 heteroatoms. The van der Waals surface area contributed by atoms with E-state index in [1.54, 1.807) is 38.1 Å². The minimum atomic E-state index is -3.29. The zero-order chi connectivity index (χ0) is 15.5. The SMILES string of the molecule is CC(C)S(=O)(=O)NCc1ccc(C(=O)c2ccccc2)s1. The Kier molecular flexibility index (Phi) is 4.92. The van der Waals surface area contributed by atoms with Crippen LogP contribution >= 0.6 is 11.3 Å². The molecule has 0 aliphatic carbocycles. The number of carbonyl (C=O) groups excluding carboxylic acids is 1. The van der Waals surface area contributed by atoms with E-state index in [0.717, 1.165) is 4.88 Å². The van der Waals surface area contributed by atoms with Crippen molar-refractivity contribution >= 4 is 27.1 Å². The molecule has 1 heterocycles. The van der Waals surface area contributed by atoms with Crippen LogP contribution in [0.3, 0.4) is 0 Å². The molecule has 0 radical (unpaired) electrons. The molecule has 0 spiro atoms. The first kappa shape index (κ1) is 15.9. The summed E-state index contributed by atoms with van der Waals surface area (Å²) in [6, 6.07) is 12.5. The monoisotopic (exact) mass is 323 g/mol. The molecule has 0 amide bonds. The van der Waals surface area contributed by atoms with Crippen molar-refractivity contribution in [3.05, 3.63) is 57.8 Å². The average Bonchev–Trinajstić information content (AvgIpc) is 2.94. The standard InChI is InChI=1S/C15H17NO3S2/c1-11(2)21(18,19)16-10-13-8-9-14(20-13)15(17)12-6-4-3-5-7-12/h3-9,11,16H,10H2,1-2H3. The quantitative estimate of drug-likeness (QED) is 0.832. The molecule has 112 valence electrons. The summed E-state index contributed by atoms with van der Waals surface area (Å²) in [5.41, 5.74) is 0.633. The normalized spacial score (nSPS) is 11.8. The van der Waals surface area contributed by atoms with Crippen LogP contribution in [0.5, 0.6) is 0 Å². The molecule has 0 fully saturated rings. The van der Waals surface area contributed by atoms with E-state index in [0.29, 0.717) is 10.4 Å². The predicted molar refractivity (Wildman–Crippen MR) is 85.1 cm³/mol. The fourth-order valence-corrected chi connectivity index (χ4v) is 3.36. The Morgan fingerprint density at radius 1 is 1.14 bits per heavy atom. The van der Waals surface area contributed by atoms with Crippen LogP contribution in [-0.4, -0.2) is 19.5 Å². The van der Waals surface area contributed by atoms with Gasteiger partial charge < -0.3 is 0 Å². The van der Waals surface area contributed by atoms with Gasteiger partial charge in [0, 0.05) is 17.0 Å². The first-order chi connectivity index (χ1) is 9.90. The Morgan fingerprint density at radius 3 is 2.43 bits per heavy atom. The third-order valence-corrected chi connectivity index (χ3v) is 5.86. The number of hydrogen-bond acceptors (Lipinski definition) is 4. The van der Waals surface area contributed by atoms with Gasteiger partial charge in [-0.25, -0.2) is 13.1 Å². The second-order valence-corrected chi connectivity index (χ2v) is 8.37. The lowest BCUT2D eigenvalue weighted by atomic mass is 10.1. The zero-order valence-electron chi connectivity index (χ0n) is 11.9. The van der Waals surface area contributed by atoms with Crippen LogP contribution in [-0.2, 0) is 16.6 Å². The molecule has 0 unspecified atom stereocenters. The van der Waals surface area contributed by atoms with Crippen molar-refractivity contribution in [1.82, 2.24) is 4.72 Å². The Morgan fingerprint density at radius 2 is 1.81 bits per heavy atom. The number of benzene rings is 1. The first-order valence-corrected chi connectivity index (χ1v) is 8.93. The van der Waals surface area contributed by atoms with Crippen molar-refractivity contribution in [3.63, 3.8) is 0 Å². The highest BCUT2D eigenvalue weighted by Gasteiger charge is 2.16. The summed E-state index contributed by atoms with van der Waals surface area (Å²) in [7, 11) is -3.29. The van der Waals surface area contributed by atoms with Gasteiger partial charge in [0.25, 0.3) is 0 Å². The maximum atomic E-state index is 12.2. The van der Waals surface area contributed by atoms with Crippen molar-refractivity contribution in [3.8, 4) is 0 Å². The smallest absolute Gasteiger partial charge is 0.214 e. The van der Waals surface area contributed by atoms with Gasteiger partial charge in [-0.3, -0.25) is 4.79 Å². The van der Waals surface area contributed by atoms with Crippen LogP contribution in [0, 0.1) is 0 Å². The maximum Gasteiger partial charge on any atom is 0.214 e. The molecule has 4 nitrogen and oxygen atoms in total. The molecule has 0 bridgehead atoms. The molecule has 2 rings (SSSR count). The zero-order valence-corrected chi connectivity index (χ0v) is 13.5. The van der Waals surface area contributed by atoms with E-state index in [1.807, 2.05) is 18.2 Å². The Labute approximate surface area is 128 Å². The summed E-state index contributed by atoms with van der Waals surface area (Å²) in [5.74, 6) is -0.0430. The van der Waals surface area contributed by atoms with Crippen molar-refractivity contribution in [1.29, 1.82) is 0 Å². The number of carbonyl (C=O) groups is 1. The Balaban J connectivity index is 2.07. The third-order valence-electron chi connectivity index (χ3n) is 2.99. The number of hydrogen-bond donors (Lipinski definition) is 1. The topological polar surface area (TPSA) is 63.2 Å². The van der Waals surface area contributed by atoms with Crippen molar-refractivity contribution in [2.24, 2.45) is 0 Å². The van der Waals surface area contributed by atoms with Gasteiger partial charge in [-0.05, 0) is 26.0 Å². The van der Waals surface area contributed by atoms with Crippen molar-refractivity contribution < 1.29 is 13.2 Å². The summed E-state index contributed by atoms with van der Waals surface area (Å²) >= 11 is 1.31. The van der Waals surface area contributed by atoms with E-state index < -0.39 is 15.3 Å². The van der Waals surface area contributed by atoms with Crippen LogP contribution in [0.25, 0.3) is 0 Å². The van der Waals surface area contributed by atoms with Crippen LogP contribution < -0.4 is 4.72 Å². The van der Waals surface area contributed by atoms with Crippen molar-refractivity contribution in [2.45, 2.75) is 25.6 Å². The number of ketones is 1. The fourth-order valence-electron chi connectivity index (χ4n) is 1.67. The minimum absolute atomic E-state index is 0.0430. The van der Waals surface area contributed by atoms with Crippen LogP contribution in [0.2, 0.25) is 0 Å². The Bertz CT molecular complexity index is 718. The van der Waals surface area contributed by atoms with Gasteiger partial charge in [0.15, 0.2) is 0 Å². The summed E-state index contributed by atoms with van der Waals surface area (Å²) in [4.78, 5) is 13.7. The molecule has 0 atom stereocenters. The fraction of sp³-hybridized carbons (Fsp3) is 0.267. The molecule has 0 aliphatic heterocycles. The highest BCUT2D eigenvalue weighted by Crippen LogP contribution is 2.20. The van der Waals surface area contributed by atoms with E-state index in [9.17, 15) is 13.2 Å². The lowest BCUT2D eigenvalue weighted by Crippen LogP contribution is -2.29. The van der Waals surface area contributed by atoms with Gasteiger partial charge in [0.1, 0.15) is 0 Å². The summed E-state index contributed by atoms with van der Waals surface area (Å²) < 4.78 is 25.9. The Hall–Kier alpha value is -1.50. The molecular weight excluding hydrogens is 306 g/mol. The average molecular weight is 323 g/mol. The molecule has 1 aromatic carbocycles. The van der Waals surface area contributed by atoms with E-state index in [1.165, 1.54) is 11.3 Å². The van der Waals surface area contributed by atoms with E-state index >= 15 is 0 Å². The maximum absolute atomic E-state index is 12.2. The second-order valence-electron chi connectivity index (χ2n) is 4.88. The van der Waals surface area contributed by atoms with Gasteiger partial charge in [-0.1, -0.05) is 30.3 Å². The van der Waals surface area contributed by atoms with Gasteiger partial charge >= 0.3 is 0 Å². The van der Waals surface area contributed by atoms with Crippen LogP contribution in [0.1, 0.15) is 34.0 Å². The molecule has 21 heavy (non-hydrogen) atoms. The molecule has 0 saturated heterocycles. The molecule has 1 aromatic heterocycles. The lowest BCUT2D eigenvalue weighted by molar-refractivity contribution is 0.104. The van der Waals surface area contributed by atoms with E-state index in [4.69, 9.17) is 0 Å². The van der Waals surface area contributed by atoms with Gasteiger partial charge in [-0.2, -0.15) is 0 Å².